The number of aliphatic hydroxyl groups is 1. The fourth-order valence-corrected chi connectivity index (χ4v) is 2.18. The fourth-order valence-electron chi connectivity index (χ4n) is 2.00. The van der Waals surface area contributed by atoms with Gasteiger partial charge in [0.2, 0.25) is 0 Å². The molecule has 6 heteroatoms. The Balaban J connectivity index is 2.63. The third-order valence-electron chi connectivity index (χ3n) is 3.40. The van der Waals surface area contributed by atoms with E-state index < -0.39 is 17.8 Å². The van der Waals surface area contributed by atoms with Gasteiger partial charge in [0.05, 0.1) is 6.54 Å². The van der Waals surface area contributed by atoms with Crippen LogP contribution in [0.15, 0.2) is 24.3 Å². The van der Waals surface area contributed by atoms with Crippen molar-refractivity contribution in [2.24, 2.45) is 0 Å². The molecule has 0 saturated carbocycles. The molecular weight excluding hydrogens is 330 g/mol. The molecule has 0 saturated heterocycles. The molecule has 0 radical (unpaired) electrons. The Labute approximate surface area is 149 Å². The zero-order valence-corrected chi connectivity index (χ0v) is 15.8. The number of hydrogen-bond acceptors (Lipinski definition) is 4. The Kier molecular flexibility index (Phi) is 7.84. The Bertz CT molecular complexity index is 530. The lowest BCUT2D eigenvalue weighted by Gasteiger charge is -2.32. The molecule has 2 atom stereocenters. The third kappa shape index (κ3) is 7.41. The van der Waals surface area contributed by atoms with E-state index in [4.69, 9.17) is 21.1 Å². The van der Waals surface area contributed by atoms with Crippen LogP contribution < -0.4 is 4.74 Å². The van der Waals surface area contributed by atoms with E-state index in [1.165, 1.54) is 4.90 Å². The van der Waals surface area contributed by atoms with Crippen LogP contribution in [-0.4, -0.2) is 47.0 Å². The highest BCUT2D eigenvalue weighted by Gasteiger charge is 2.27. The van der Waals surface area contributed by atoms with Crippen molar-refractivity contribution in [3.8, 4) is 5.75 Å². The summed E-state index contributed by atoms with van der Waals surface area (Å²) in [6.07, 6.45) is -0.495. The first-order chi connectivity index (χ1) is 11.1. The highest BCUT2D eigenvalue weighted by Crippen LogP contribution is 2.18. The van der Waals surface area contributed by atoms with Gasteiger partial charge in [-0.2, -0.15) is 0 Å². The minimum absolute atomic E-state index is 0.0410. The number of halogens is 1. The van der Waals surface area contributed by atoms with Crippen LogP contribution in [0.4, 0.5) is 4.79 Å². The van der Waals surface area contributed by atoms with Crippen LogP contribution in [0.2, 0.25) is 5.02 Å². The number of rotatable bonds is 7. The molecule has 1 amide bonds. The molecule has 0 bridgehead atoms. The molecular formula is C18H28ClNO4. The number of carbonyl (C=O) groups is 1. The lowest BCUT2D eigenvalue weighted by atomic mass is 10.2. The van der Waals surface area contributed by atoms with Gasteiger partial charge in [0.15, 0.2) is 0 Å². The van der Waals surface area contributed by atoms with Crippen molar-refractivity contribution < 1.29 is 19.4 Å². The van der Waals surface area contributed by atoms with Crippen LogP contribution in [-0.2, 0) is 4.74 Å². The molecule has 24 heavy (non-hydrogen) atoms. The summed E-state index contributed by atoms with van der Waals surface area (Å²) < 4.78 is 11.0. The van der Waals surface area contributed by atoms with E-state index >= 15 is 0 Å². The quantitative estimate of drug-likeness (QED) is 0.797. The molecule has 1 N–H and O–H groups in total. The summed E-state index contributed by atoms with van der Waals surface area (Å²) in [5.41, 5.74) is -0.578. The van der Waals surface area contributed by atoms with E-state index in [0.717, 1.165) is 6.42 Å². The first kappa shape index (κ1) is 20.6. The third-order valence-corrected chi connectivity index (χ3v) is 3.63. The van der Waals surface area contributed by atoms with Crippen molar-refractivity contribution in [3.63, 3.8) is 0 Å². The van der Waals surface area contributed by atoms with Gasteiger partial charge in [-0.15, -0.1) is 0 Å². The number of ether oxygens (including phenoxy) is 2. The number of carbonyl (C=O) groups excluding carboxylic acids is 1. The van der Waals surface area contributed by atoms with Crippen molar-refractivity contribution in [2.45, 2.75) is 58.8 Å². The molecule has 136 valence electrons. The molecule has 5 nitrogen and oxygen atoms in total. The molecule has 0 aliphatic rings. The SMILES string of the molecule is CCC(C)N(CC(O)COc1cccc(Cl)c1)C(=O)OC(C)(C)C. The summed E-state index contributed by atoms with van der Waals surface area (Å²) in [7, 11) is 0. The van der Waals surface area contributed by atoms with Gasteiger partial charge in [0.1, 0.15) is 24.1 Å². The summed E-state index contributed by atoms with van der Waals surface area (Å²) in [5, 5.41) is 10.8. The Morgan fingerprint density at radius 2 is 2.04 bits per heavy atom. The minimum atomic E-state index is -0.828. The molecule has 1 aromatic rings. The van der Waals surface area contributed by atoms with Crippen LogP contribution in [0.25, 0.3) is 0 Å². The highest BCUT2D eigenvalue weighted by atomic mass is 35.5. The molecule has 0 aromatic heterocycles. The van der Waals surface area contributed by atoms with E-state index in [1.54, 1.807) is 24.3 Å². The maximum atomic E-state index is 12.3. The first-order valence-corrected chi connectivity index (χ1v) is 8.56. The second-order valence-electron chi connectivity index (χ2n) is 6.81. The van der Waals surface area contributed by atoms with Crippen molar-refractivity contribution in [3.05, 3.63) is 29.3 Å². The van der Waals surface area contributed by atoms with E-state index in [2.05, 4.69) is 0 Å². The second-order valence-corrected chi connectivity index (χ2v) is 7.25. The number of nitrogens with zero attached hydrogens (tertiary/aromatic N) is 1. The Morgan fingerprint density at radius 1 is 1.38 bits per heavy atom. The van der Waals surface area contributed by atoms with Crippen LogP contribution in [0, 0.1) is 0 Å². The molecule has 0 heterocycles. The van der Waals surface area contributed by atoms with E-state index in [0.29, 0.717) is 10.8 Å². The van der Waals surface area contributed by atoms with Gasteiger partial charge >= 0.3 is 6.09 Å². The number of aliphatic hydroxyl groups excluding tert-OH is 1. The standard InChI is InChI=1S/C18H28ClNO4/c1-6-13(2)20(17(22)24-18(3,4)5)11-15(21)12-23-16-9-7-8-14(19)10-16/h7-10,13,15,21H,6,11-12H2,1-5H3. The average Bonchev–Trinajstić information content (AvgIpc) is 2.48. The van der Waals surface area contributed by atoms with Crippen LogP contribution >= 0.6 is 11.6 Å². The first-order valence-electron chi connectivity index (χ1n) is 8.18. The Hall–Kier alpha value is -1.46. The summed E-state index contributed by atoms with van der Waals surface area (Å²) >= 11 is 5.90. The van der Waals surface area contributed by atoms with Crippen LogP contribution in [0.1, 0.15) is 41.0 Å². The maximum Gasteiger partial charge on any atom is 0.410 e. The summed E-state index contributed by atoms with van der Waals surface area (Å²) in [6.45, 7) is 9.57. The monoisotopic (exact) mass is 357 g/mol. The van der Waals surface area contributed by atoms with Gasteiger partial charge in [0.25, 0.3) is 0 Å². The summed E-state index contributed by atoms with van der Waals surface area (Å²) in [4.78, 5) is 13.9. The molecule has 0 aliphatic heterocycles. The highest BCUT2D eigenvalue weighted by molar-refractivity contribution is 6.30. The smallest absolute Gasteiger partial charge is 0.410 e. The van der Waals surface area contributed by atoms with Crippen molar-refractivity contribution in [1.82, 2.24) is 4.90 Å². The molecule has 1 aromatic carbocycles. The zero-order chi connectivity index (χ0) is 18.3. The van der Waals surface area contributed by atoms with Crippen molar-refractivity contribution in [2.75, 3.05) is 13.2 Å². The molecule has 0 aliphatic carbocycles. The van der Waals surface area contributed by atoms with Gasteiger partial charge in [-0.05, 0) is 52.3 Å². The summed E-state index contributed by atoms with van der Waals surface area (Å²) in [6, 6.07) is 6.92. The van der Waals surface area contributed by atoms with E-state index in [-0.39, 0.29) is 19.2 Å². The van der Waals surface area contributed by atoms with E-state index in [1.807, 2.05) is 34.6 Å². The predicted octanol–water partition coefficient (Wildman–Crippen LogP) is 4.12. The molecule has 0 fully saturated rings. The van der Waals surface area contributed by atoms with E-state index in [9.17, 15) is 9.90 Å². The van der Waals surface area contributed by atoms with Crippen LogP contribution in [0.5, 0.6) is 5.75 Å². The van der Waals surface area contributed by atoms with Gasteiger partial charge in [-0.1, -0.05) is 24.6 Å². The predicted molar refractivity (Wildman–Crippen MR) is 95.6 cm³/mol. The maximum absolute atomic E-state index is 12.3. The van der Waals surface area contributed by atoms with Gasteiger partial charge < -0.3 is 19.5 Å². The second kappa shape index (κ2) is 9.14. The Morgan fingerprint density at radius 3 is 2.58 bits per heavy atom. The molecule has 0 spiro atoms. The largest absolute Gasteiger partial charge is 0.491 e. The molecule has 2 unspecified atom stereocenters. The number of hydrogen-bond donors (Lipinski definition) is 1. The lowest BCUT2D eigenvalue weighted by Crippen LogP contribution is -2.46. The van der Waals surface area contributed by atoms with Gasteiger partial charge in [-0.25, -0.2) is 4.79 Å². The average molecular weight is 358 g/mol. The lowest BCUT2D eigenvalue weighted by molar-refractivity contribution is -0.000325. The summed E-state index contributed by atoms with van der Waals surface area (Å²) in [5.74, 6) is 0.578. The number of benzene rings is 1. The molecule has 1 rings (SSSR count). The topological polar surface area (TPSA) is 59.0 Å². The van der Waals surface area contributed by atoms with Gasteiger partial charge in [-0.3, -0.25) is 0 Å². The normalized spacial score (nSPS) is 14.0. The van der Waals surface area contributed by atoms with Gasteiger partial charge in [0, 0.05) is 11.1 Å². The van der Waals surface area contributed by atoms with Crippen molar-refractivity contribution in [1.29, 1.82) is 0 Å². The minimum Gasteiger partial charge on any atom is -0.491 e. The fraction of sp³-hybridized carbons (Fsp3) is 0.611. The number of amides is 1. The zero-order valence-electron chi connectivity index (χ0n) is 15.1. The van der Waals surface area contributed by atoms with Crippen LogP contribution in [0.3, 0.4) is 0 Å². The van der Waals surface area contributed by atoms with Crippen molar-refractivity contribution >= 4 is 17.7 Å².